The van der Waals surface area contributed by atoms with Gasteiger partial charge in [0.25, 0.3) is 0 Å². The molecule has 26 heavy (non-hydrogen) atoms. The van der Waals surface area contributed by atoms with Crippen molar-refractivity contribution in [2.75, 3.05) is 32.1 Å². The zero-order chi connectivity index (χ0) is 18.5. The Morgan fingerprint density at radius 3 is 2.46 bits per heavy atom. The van der Waals surface area contributed by atoms with Crippen molar-refractivity contribution in [3.05, 3.63) is 53.6 Å². The summed E-state index contributed by atoms with van der Waals surface area (Å²) in [5.74, 6) is 0.410. The third kappa shape index (κ3) is 2.83. The topological polar surface area (TPSA) is 40.6 Å². The second-order valence-electron chi connectivity index (χ2n) is 7.71. The van der Waals surface area contributed by atoms with Crippen molar-refractivity contribution in [3.63, 3.8) is 0 Å². The Balaban J connectivity index is 1.76. The molecule has 0 N–H and O–H groups in total. The first kappa shape index (κ1) is 17.6. The minimum absolute atomic E-state index is 0.376. The molecule has 0 bridgehead atoms. The molecule has 0 saturated carbocycles. The smallest absolute Gasteiger partial charge is 0.206 e. The molecular weight excluding hydrogens is 344 g/mol. The molecule has 2 aliphatic rings. The maximum atomic E-state index is 13.1. The standard InChI is InChI=1S/C21H26N2O2S/c1-15-5-4-6-16(13-15)26(24,25)17-7-8-20-19(14-17)18-9-11-22(2)12-10-21(18)23(20)3/h4-8,13-14,18,21H,9-12H2,1-3H3/t18-,21?/m0/s1. The summed E-state index contributed by atoms with van der Waals surface area (Å²) in [6.45, 7) is 4.07. The first-order chi connectivity index (χ1) is 12.4. The monoisotopic (exact) mass is 370 g/mol. The second-order valence-corrected chi connectivity index (χ2v) is 9.66. The van der Waals surface area contributed by atoms with E-state index in [-0.39, 0.29) is 0 Å². The van der Waals surface area contributed by atoms with Crippen molar-refractivity contribution < 1.29 is 8.42 Å². The van der Waals surface area contributed by atoms with Crippen LogP contribution in [0.25, 0.3) is 0 Å². The highest BCUT2D eigenvalue weighted by atomic mass is 32.2. The van der Waals surface area contributed by atoms with Crippen LogP contribution < -0.4 is 4.90 Å². The molecule has 1 saturated heterocycles. The molecule has 2 aromatic rings. The van der Waals surface area contributed by atoms with Gasteiger partial charge in [0, 0.05) is 24.7 Å². The van der Waals surface area contributed by atoms with Gasteiger partial charge in [0.05, 0.1) is 9.79 Å². The predicted octanol–water partition coefficient (Wildman–Crippen LogP) is 3.46. The highest BCUT2D eigenvalue weighted by molar-refractivity contribution is 7.91. The van der Waals surface area contributed by atoms with Gasteiger partial charge in [0.2, 0.25) is 9.84 Å². The molecule has 0 aromatic heterocycles. The van der Waals surface area contributed by atoms with Crippen molar-refractivity contribution in [3.8, 4) is 0 Å². The number of anilines is 1. The lowest BCUT2D eigenvalue weighted by Gasteiger charge is -2.25. The fourth-order valence-electron chi connectivity index (χ4n) is 4.46. The second kappa shape index (κ2) is 6.39. The van der Waals surface area contributed by atoms with E-state index in [0.717, 1.165) is 31.5 Å². The molecule has 1 unspecified atom stereocenters. The highest BCUT2D eigenvalue weighted by Crippen LogP contribution is 2.45. The van der Waals surface area contributed by atoms with Gasteiger partial charge in [-0.2, -0.15) is 0 Å². The lowest BCUT2D eigenvalue weighted by molar-refractivity contribution is 0.345. The molecule has 4 nitrogen and oxygen atoms in total. The molecule has 1 fully saturated rings. The summed E-state index contributed by atoms with van der Waals surface area (Å²) < 4.78 is 26.3. The summed E-state index contributed by atoms with van der Waals surface area (Å²) in [6.07, 6.45) is 2.19. The molecule has 2 atom stereocenters. The molecule has 4 rings (SSSR count). The number of hydrogen-bond acceptors (Lipinski definition) is 4. The molecule has 2 aromatic carbocycles. The number of likely N-dealkylation sites (N-methyl/N-ethyl adjacent to an activating group) is 1. The largest absolute Gasteiger partial charge is 0.371 e. The number of sulfone groups is 1. The summed E-state index contributed by atoms with van der Waals surface area (Å²) in [5.41, 5.74) is 3.34. The number of aryl methyl sites for hydroxylation is 1. The fourth-order valence-corrected chi connectivity index (χ4v) is 5.86. The van der Waals surface area contributed by atoms with Gasteiger partial charge >= 0.3 is 0 Å². The third-order valence-electron chi connectivity index (χ3n) is 5.98. The number of benzene rings is 2. The molecular formula is C21H26N2O2S. The summed E-state index contributed by atoms with van der Waals surface area (Å²) in [4.78, 5) is 5.51. The van der Waals surface area contributed by atoms with Gasteiger partial charge in [0.1, 0.15) is 0 Å². The molecule has 2 aliphatic heterocycles. The van der Waals surface area contributed by atoms with Gasteiger partial charge in [-0.3, -0.25) is 0 Å². The zero-order valence-corrected chi connectivity index (χ0v) is 16.5. The van der Waals surface area contributed by atoms with Crippen LogP contribution in [-0.2, 0) is 9.84 Å². The molecule has 0 aliphatic carbocycles. The summed E-state index contributed by atoms with van der Waals surface area (Å²) >= 11 is 0. The minimum Gasteiger partial charge on any atom is -0.371 e. The Morgan fingerprint density at radius 1 is 0.962 bits per heavy atom. The fraction of sp³-hybridized carbons (Fsp3) is 0.429. The SMILES string of the molecule is Cc1cccc(S(=O)(=O)c2ccc3c(c2)[C@@H]2CCN(C)CCC2N3C)c1. The Bertz CT molecular complexity index is 939. The maximum Gasteiger partial charge on any atom is 0.206 e. The molecule has 0 radical (unpaired) electrons. The number of nitrogens with zero attached hydrogens (tertiary/aromatic N) is 2. The van der Waals surface area contributed by atoms with E-state index in [2.05, 4.69) is 23.9 Å². The lowest BCUT2D eigenvalue weighted by atomic mass is 9.91. The van der Waals surface area contributed by atoms with Crippen molar-refractivity contribution in [1.82, 2.24) is 4.90 Å². The van der Waals surface area contributed by atoms with Crippen LogP contribution in [-0.4, -0.2) is 46.5 Å². The van der Waals surface area contributed by atoms with E-state index in [4.69, 9.17) is 0 Å². The first-order valence-electron chi connectivity index (χ1n) is 9.25. The van der Waals surface area contributed by atoms with E-state index >= 15 is 0 Å². The Morgan fingerprint density at radius 2 is 1.69 bits per heavy atom. The molecule has 138 valence electrons. The van der Waals surface area contributed by atoms with Crippen LogP contribution in [0.4, 0.5) is 5.69 Å². The molecule has 5 heteroatoms. The number of likely N-dealkylation sites (tertiary alicyclic amines) is 1. The van der Waals surface area contributed by atoms with Crippen LogP contribution in [0, 0.1) is 6.92 Å². The zero-order valence-electron chi connectivity index (χ0n) is 15.6. The van der Waals surface area contributed by atoms with E-state index in [0.29, 0.717) is 21.8 Å². The van der Waals surface area contributed by atoms with Gasteiger partial charge in [-0.15, -0.1) is 0 Å². The predicted molar refractivity (Wildman–Crippen MR) is 105 cm³/mol. The van der Waals surface area contributed by atoms with E-state index in [9.17, 15) is 8.42 Å². The lowest BCUT2D eigenvalue weighted by Crippen LogP contribution is -2.31. The van der Waals surface area contributed by atoms with Crippen LogP contribution in [0.15, 0.2) is 52.3 Å². The minimum atomic E-state index is -3.49. The van der Waals surface area contributed by atoms with Gasteiger partial charge in [0.15, 0.2) is 0 Å². The van der Waals surface area contributed by atoms with Crippen molar-refractivity contribution in [1.29, 1.82) is 0 Å². The van der Waals surface area contributed by atoms with Gasteiger partial charge < -0.3 is 9.80 Å². The van der Waals surface area contributed by atoms with Crippen LogP contribution in [0.2, 0.25) is 0 Å². The van der Waals surface area contributed by atoms with E-state index in [1.54, 1.807) is 24.3 Å². The Labute approximate surface area is 156 Å². The molecule has 0 amide bonds. The Kier molecular flexibility index (Phi) is 4.32. The van der Waals surface area contributed by atoms with E-state index < -0.39 is 9.84 Å². The number of rotatable bonds is 2. The Hall–Kier alpha value is -1.85. The maximum absolute atomic E-state index is 13.1. The van der Waals surface area contributed by atoms with Crippen molar-refractivity contribution >= 4 is 15.5 Å². The van der Waals surface area contributed by atoms with E-state index in [1.165, 1.54) is 11.3 Å². The van der Waals surface area contributed by atoms with Gasteiger partial charge in [-0.25, -0.2) is 8.42 Å². The quantitative estimate of drug-likeness (QED) is 0.812. The third-order valence-corrected chi connectivity index (χ3v) is 7.73. The van der Waals surface area contributed by atoms with Crippen LogP contribution in [0.1, 0.15) is 29.9 Å². The highest BCUT2D eigenvalue weighted by Gasteiger charge is 2.38. The van der Waals surface area contributed by atoms with Crippen molar-refractivity contribution in [2.45, 2.75) is 41.5 Å². The van der Waals surface area contributed by atoms with Crippen LogP contribution in [0.5, 0.6) is 0 Å². The number of hydrogen-bond donors (Lipinski definition) is 0. The first-order valence-corrected chi connectivity index (χ1v) is 10.7. The van der Waals surface area contributed by atoms with Gasteiger partial charge in [-0.1, -0.05) is 12.1 Å². The molecule has 0 spiro atoms. The van der Waals surface area contributed by atoms with Gasteiger partial charge in [-0.05, 0) is 81.4 Å². The average Bonchev–Trinajstić information content (AvgIpc) is 2.75. The van der Waals surface area contributed by atoms with Crippen LogP contribution >= 0.6 is 0 Å². The normalized spacial score (nSPS) is 23.4. The molecule has 2 heterocycles. The van der Waals surface area contributed by atoms with Crippen LogP contribution in [0.3, 0.4) is 0 Å². The van der Waals surface area contributed by atoms with E-state index in [1.807, 2.05) is 25.1 Å². The summed E-state index contributed by atoms with van der Waals surface area (Å²) in [5, 5.41) is 0. The van der Waals surface area contributed by atoms with Crippen molar-refractivity contribution in [2.24, 2.45) is 0 Å². The average molecular weight is 371 g/mol. The summed E-state index contributed by atoms with van der Waals surface area (Å²) in [6, 6.07) is 13.3. The summed E-state index contributed by atoms with van der Waals surface area (Å²) in [7, 11) is 0.822. The number of fused-ring (bicyclic) bond motifs is 3.